The van der Waals surface area contributed by atoms with Crippen molar-refractivity contribution in [1.82, 2.24) is 0 Å². The molecule has 0 unspecified atom stereocenters. The topological polar surface area (TPSA) is 17.1 Å². The van der Waals surface area contributed by atoms with Crippen molar-refractivity contribution in [1.29, 1.82) is 0 Å². The average molecular weight is 320 g/mol. The number of unbranched alkanes of at least 4 members (excludes halogenated alkanes) is 4. The molecule has 0 saturated heterocycles. The number of benzene rings is 1. The van der Waals surface area contributed by atoms with Gasteiger partial charge in [0.05, 0.1) is 0 Å². The summed E-state index contributed by atoms with van der Waals surface area (Å²) in [5.41, 5.74) is 0.824. The first-order valence-electron chi connectivity index (χ1n) is 6.03. The van der Waals surface area contributed by atoms with Gasteiger partial charge in [-0.1, -0.05) is 60.7 Å². The van der Waals surface area contributed by atoms with E-state index in [0.717, 1.165) is 16.5 Å². The Balaban J connectivity index is 0.00000256. The van der Waals surface area contributed by atoms with Crippen molar-refractivity contribution in [3.63, 3.8) is 0 Å². The molecule has 0 aliphatic rings. The first kappa shape index (κ1) is 16.7. The number of ketones is 1. The Morgan fingerprint density at radius 3 is 2.53 bits per heavy atom. The zero-order valence-corrected chi connectivity index (χ0v) is 12.6. The van der Waals surface area contributed by atoms with Crippen LogP contribution in [0.3, 0.4) is 0 Å². The Labute approximate surface area is 119 Å². The van der Waals surface area contributed by atoms with Crippen LogP contribution < -0.4 is 0 Å². The van der Waals surface area contributed by atoms with Gasteiger partial charge in [-0.15, -0.1) is 12.4 Å². The smallest absolute Gasteiger partial charge is 0.162 e. The summed E-state index contributed by atoms with van der Waals surface area (Å²) in [5, 5.41) is 0. The summed E-state index contributed by atoms with van der Waals surface area (Å²) in [6, 6.07) is 7.64. The van der Waals surface area contributed by atoms with Crippen molar-refractivity contribution in [2.24, 2.45) is 0 Å². The Bertz CT molecular complexity index is 339. The molecule has 0 fully saturated rings. The van der Waals surface area contributed by atoms with E-state index in [1.807, 2.05) is 24.3 Å². The van der Waals surface area contributed by atoms with Gasteiger partial charge in [0.25, 0.3) is 0 Å². The summed E-state index contributed by atoms with van der Waals surface area (Å²) in [7, 11) is 0. The minimum Gasteiger partial charge on any atom is -0.294 e. The lowest BCUT2D eigenvalue weighted by atomic mass is 10.0. The van der Waals surface area contributed by atoms with E-state index < -0.39 is 0 Å². The molecule has 0 saturated carbocycles. The average Bonchev–Trinajstić information content (AvgIpc) is 2.28. The van der Waals surface area contributed by atoms with Gasteiger partial charge in [0.2, 0.25) is 0 Å². The lowest BCUT2D eigenvalue weighted by molar-refractivity contribution is 0.0979. The molecule has 1 rings (SSSR count). The molecular formula is C14H20BrClO. The lowest BCUT2D eigenvalue weighted by Gasteiger charge is -2.01. The SMILES string of the molecule is CCCCCCCC(=O)c1cccc(Br)c1.Cl. The minimum absolute atomic E-state index is 0. The maximum Gasteiger partial charge on any atom is 0.162 e. The largest absolute Gasteiger partial charge is 0.294 e. The predicted octanol–water partition coefficient (Wildman–Crippen LogP) is 5.41. The van der Waals surface area contributed by atoms with Crippen LogP contribution in [-0.2, 0) is 0 Å². The zero-order chi connectivity index (χ0) is 11.8. The van der Waals surface area contributed by atoms with E-state index in [2.05, 4.69) is 22.9 Å². The fourth-order valence-corrected chi connectivity index (χ4v) is 2.09. The van der Waals surface area contributed by atoms with Gasteiger partial charge in [0, 0.05) is 16.5 Å². The molecule has 0 spiro atoms. The molecule has 17 heavy (non-hydrogen) atoms. The minimum atomic E-state index is 0. The van der Waals surface area contributed by atoms with Crippen molar-refractivity contribution in [3.05, 3.63) is 34.3 Å². The molecule has 0 aromatic heterocycles. The molecule has 0 aliphatic carbocycles. The van der Waals surface area contributed by atoms with Crippen LogP contribution in [0.25, 0.3) is 0 Å². The van der Waals surface area contributed by atoms with E-state index in [1.165, 1.54) is 25.7 Å². The summed E-state index contributed by atoms with van der Waals surface area (Å²) in [6.07, 6.45) is 6.66. The number of hydrogen-bond acceptors (Lipinski definition) is 1. The van der Waals surface area contributed by atoms with Crippen molar-refractivity contribution >= 4 is 34.1 Å². The van der Waals surface area contributed by atoms with Crippen LogP contribution in [-0.4, -0.2) is 5.78 Å². The van der Waals surface area contributed by atoms with E-state index in [4.69, 9.17) is 0 Å². The summed E-state index contributed by atoms with van der Waals surface area (Å²) in [4.78, 5) is 11.8. The van der Waals surface area contributed by atoms with Crippen LogP contribution in [0, 0.1) is 0 Å². The van der Waals surface area contributed by atoms with Crippen LogP contribution in [0.4, 0.5) is 0 Å². The summed E-state index contributed by atoms with van der Waals surface area (Å²) < 4.78 is 0.976. The maximum atomic E-state index is 11.8. The van der Waals surface area contributed by atoms with E-state index in [9.17, 15) is 4.79 Å². The van der Waals surface area contributed by atoms with Gasteiger partial charge in [-0.05, 0) is 18.6 Å². The van der Waals surface area contributed by atoms with Gasteiger partial charge >= 0.3 is 0 Å². The van der Waals surface area contributed by atoms with Crippen LogP contribution in [0.1, 0.15) is 55.8 Å². The van der Waals surface area contributed by atoms with Gasteiger partial charge in [0.1, 0.15) is 0 Å². The van der Waals surface area contributed by atoms with Crippen molar-refractivity contribution in [3.8, 4) is 0 Å². The van der Waals surface area contributed by atoms with E-state index in [1.54, 1.807) is 0 Å². The standard InChI is InChI=1S/C14H19BrO.ClH/c1-2-3-4-5-6-10-14(16)12-8-7-9-13(15)11-12;/h7-9,11H,2-6,10H2,1H3;1H. The highest BCUT2D eigenvalue weighted by Gasteiger charge is 2.05. The molecular weight excluding hydrogens is 300 g/mol. The zero-order valence-electron chi connectivity index (χ0n) is 10.2. The third-order valence-electron chi connectivity index (χ3n) is 2.65. The summed E-state index contributed by atoms with van der Waals surface area (Å²) in [6.45, 7) is 2.20. The van der Waals surface area contributed by atoms with E-state index in [0.29, 0.717) is 6.42 Å². The summed E-state index contributed by atoms with van der Waals surface area (Å²) >= 11 is 3.38. The number of halogens is 2. The highest BCUT2D eigenvalue weighted by atomic mass is 79.9. The van der Waals surface area contributed by atoms with Gasteiger partial charge in [-0.2, -0.15) is 0 Å². The maximum absolute atomic E-state index is 11.8. The third-order valence-corrected chi connectivity index (χ3v) is 3.15. The fourth-order valence-electron chi connectivity index (χ4n) is 1.70. The number of Topliss-reactive ketones (excluding diaryl/α,β-unsaturated/α-hetero) is 1. The van der Waals surface area contributed by atoms with Crippen LogP contribution in [0.15, 0.2) is 28.7 Å². The number of carbonyl (C=O) groups is 1. The normalized spacial score (nSPS) is 9.76. The molecule has 0 amide bonds. The molecule has 1 nitrogen and oxygen atoms in total. The highest BCUT2D eigenvalue weighted by molar-refractivity contribution is 9.10. The van der Waals surface area contributed by atoms with E-state index >= 15 is 0 Å². The lowest BCUT2D eigenvalue weighted by Crippen LogP contribution is -1.98. The quantitative estimate of drug-likeness (QED) is 0.485. The number of rotatable bonds is 7. The molecule has 0 radical (unpaired) electrons. The Kier molecular flexibility index (Phi) is 9.47. The van der Waals surface area contributed by atoms with Crippen LogP contribution >= 0.6 is 28.3 Å². The van der Waals surface area contributed by atoms with Crippen LogP contribution in [0.5, 0.6) is 0 Å². The van der Waals surface area contributed by atoms with Crippen LogP contribution in [0.2, 0.25) is 0 Å². The van der Waals surface area contributed by atoms with Gasteiger partial charge in [-0.3, -0.25) is 4.79 Å². The molecule has 96 valence electrons. The molecule has 0 atom stereocenters. The van der Waals surface area contributed by atoms with Gasteiger partial charge in [-0.25, -0.2) is 0 Å². The number of hydrogen-bond donors (Lipinski definition) is 0. The second-order valence-corrected chi connectivity index (χ2v) is 5.01. The molecule has 0 heterocycles. The Hall–Kier alpha value is -0.340. The summed E-state index contributed by atoms with van der Waals surface area (Å²) in [5.74, 6) is 0.262. The second kappa shape index (κ2) is 9.67. The monoisotopic (exact) mass is 318 g/mol. The van der Waals surface area contributed by atoms with Gasteiger partial charge in [0.15, 0.2) is 5.78 Å². The van der Waals surface area contributed by atoms with Gasteiger partial charge < -0.3 is 0 Å². The van der Waals surface area contributed by atoms with Crippen molar-refractivity contribution in [2.45, 2.75) is 45.4 Å². The molecule has 1 aromatic rings. The van der Waals surface area contributed by atoms with Crippen molar-refractivity contribution < 1.29 is 4.79 Å². The molecule has 0 N–H and O–H groups in total. The molecule has 0 bridgehead atoms. The van der Waals surface area contributed by atoms with E-state index in [-0.39, 0.29) is 18.2 Å². The van der Waals surface area contributed by atoms with Crippen molar-refractivity contribution in [2.75, 3.05) is 0 Å². The Morgan fingerprint density at radius 2 is 1.88 bits per heavy atom. The molecule has 3 heteroatoms. The first-order chi connectivity index (χ1) is 7.74. The Morgan fingerprint density at radius 1 is 1.18 bits per heavy atom. The second-order valence-electron chi connectivity index (χ2n) is 4.10. The third kappa shape index (κ3) is 6.85. The molecule has 0 aliphatic heterocycles. The fraction of sp³-hybridized carbons (Fsp3) is 0.500. The first-order valence-corrected chi connectivity index (χ1v) is 6.82. The predicted molar refractivity (Wildman–Crippen MR) is 79.1 cm³/mol. The highest BCUT2D eigenvalue weighted by Crippen LogP contribution is 2.15. The molecule has 1 aromatic carbocycles. The number of carbonyl (C=O) groups excluding carboxylic acids is 1.